The molecule has 2 aliphatic rings. The van der Waals surface area contributed by atoms with Crippen molar-refractivity contribution in [2.75, 3.05) is 12.0 Å². The zero-order valence-corrected chi connectivity index (χ0v) is 24.9. The summed E-state index contributed by atoms with van der Waals surface area (Å²) in [4.78, 5) is 23.2. The van der Waals surface area contributed by atoms with Gasteiger partial charge >= 0.3 is 0 Å². The number of fused-ring (bicyclic) bond motifs is 2. The summed E-state index contributed by atoms with van der Waals surface area (Å²) in [6, 6.07) is 7.18. The third-order valence-electron chi connectivity index (χ3n) is 9.00. The molecule has 0 amide bonds. The molecule has 1 saturated carbocycles. The molecule has 3 aromatic heterocycles. The lowest BCUT2D eigenvalue weighted by Gasteiger charge is -2.46. The van der Waals surface area contributed by atoms with Crippen LogP contribution >= 0.6 is 0 Å². The molecule has 5 N–H and O–H groups in total. The second kappa shape index (κ2) is 11.2. The number of aliphatic hydroxyl groups excluding tert-OH is 2. The third-order valence-corrected chi connectivity index (χ3v) is 9.00. The monoisotopic (exact) mass is 578 g/mol. The highest BCUT2D eigenvalue weighted by Crippen LogP contribution is 2.38. The van der Waals surface area contributed by atoms with Crippen LogP contribution in [0.1, 0.15) is 71.5 Å². The predicted molar refractivity (Wildman–Crippen MR) is 158 cm³/mol. The standard InChI is InChI=1S/C30H42N8O4/c1-16(2)37(13-22-25(39)26(40)29(42-22)38-15-33-24-27(36-41)31-14-32-28(24)38)19-10-17(11-19)6-9-23-34-20-8-7-18(30(3,4)5)12-21(20)35-23/h7-8,12,14-17,19,22,25-26,29,39-41H,6,9-11,13H2,1-5H3,(H,34,35)(H,31,32,36)/t17-,19+,22-,25-,26-,29-/m1/s1. The SMILES string of the molecule is CC(C)N(C[C@H]1O[C@@H](n2cnc3c(NO)ncnc32)[C@H](O)[C@@H]1O)[C@H]1C[C@@H](CCc2nc3cc(C(C)(C)C)ccc3[nH]2)C1. The summed E-state index contributed by atoms with van der Waals surface area (Å²) in [5, 5.41) is 31.2. The molecule has 226 valence electrons. The number of nitrogens with one attached hydrogen (secondary N) is 2. The van der Waals surface area contributed by atoms with Crippen LogP contribution in [0, 0.1) is 5.92 Å². The Morgan fingerprint density at radius 1 is 1.14 bits per heavy atom. The normalized spacial score (nSPS) is 26.5. The van der Waals surface area contributed by atoms with Crippen LogP contribution < -0.4 is 5.48 Å². The van der Waals surface area contributed by atoms with Gasteiger partial charge in [0.05, 0.1) is 17.4 Å². The Bertz CT molecular complexity index is 1540. The minimum absolute atomic E-state index is 0.0972. The molecule has 0 radical (unpaired) electrons. The molecule has 12 nitrogen and oxygen atoms in total. The van der Waals surface area contributed by atoms with E-state index < -0.39 is 24.5 Å². The number of hydrogen-bond donors (Lipinski definition) is 5. The fraction of sp³-hybridized carbons (Fsp3) is 0.600. The van der Waals surface area contributed by atoms with E-state index in [9.17, 15) is 15.4 Å². The first-order valence-electron chi connectivity index (χ1n) is 14.9. The number of hydrogen-bond acceptors (Lipinski definition) is 10. The number of nitrogens with zero attached hydrogens (tertiary/aromatic N) is 6. The van der Waals surface area contributed by atoms with Gasteiger partial charge in [-0.05, 0) is 62.1 Å². The van der Waals surface area contributed by atoms with E-state index in [2.05, 4.69) is 77.7 Å². The van der Waals surface area contributed by atoms with E-state index in [0.29, 0.717) is 29.7 Å². The Morgan fingerprint density at radius 3 is 2.64 bits per heavy atom. The molecule has 2 fully saturated rings. The van der Waals surface area contributed by atoms with E-state index in [1.54, 1.807) is 4.57 Å². The molecule has 0 unspecified atom stereocenters. The van der Waals surface area contributed by atoms with Gasteiger partial charge in [-0.3, -0.25) is 20.2 Å². The average molecular weight is 579 g/mol. The Balaban J connectivity index is 1.06. The van der Waals surface area contributed by atoms with E-state index >= 15 is 0 Å². The van der Waals surface area contributed by atoms with Crippen molar-refractivity contribution in [3.8, 4) is 0 Å². The number of ether oxygens (including phenoxy) is 1. The van der Waals surface area contributed by atoms with Crippen molar-refractivity contribution in [1.82, 2.24) is 34.4 Å². The van der Waals surface area contributed by atoms with E-state index in [1.165, 1.54) is 18.2 Å². The molecule has 4 atom stereocenters. The highest BCUT2D eigenvalue weighted by molar-refractivity contribution is 5.82. The maximum Gasteiger partial charge on any atom is 0.181 e. The van der Waals surface area contributed by atoms with Crippen molar-refractivity contribution in [3.05, 3.63) is 42.2 Å². The number of H-pyrrole nitrogens is 1. The van der Waals surface area contributed by atoms with Crippen molar-refractivity contribution in [2.45, 2.75) is 102 Å². The van der Waals surface area contributed by atoms with Crippen LogP contribution in [0.2, 0.25) is 0 Å². The number of aromatic amines is 1. The van der Waals surface area contributed by atoms with Crippen LogP contribution in [-0.2, 0) is 16.6 Å². The minimum atomic E-state index is -1.15. The van der Waals surface area contributed by atoms with Crippen molar-refractivity contribution < 1.29 is 20.2 Å². The summed E-state index contributed by atoms with van der Waals surface area (Å²) in [5.41, 5.74) is 6.25. The van der Waals surface area contributed by atoms with Crippen LogP contribution in [0.25, 0.3) is 22.2 Å². The molecule has 4 heterocycles. The van der Waals surface area contributed by atoms with Gasteiger partial charge in [0, 0.05) is 25.0 Å². The van der Waals surface area contributed by atoms with Gasteiger partial charge in [0.2, 0.25) is 0 Å². The van der Waals surface area contributed by atoms with Crippen molar-refractivity contribution in [1.29, 1.82) is 0 Å². The first kappa shape index (κ1) is 28.9. The Kier molecular flexibility index (Phi) is 7.69. The van der Waals surface area contributed by atoms with E-state index in [0.717, 1.165) is 42.5 Å². The van der Waals surface area contributed by atoms with Crippen molar-refractivity contribution >= 4 is 28.0 Å². The summed E-state index contributed by atoms with van der Waals surface area (Å²) < 4.78 is 7.80. The average Bonchev–Trinajstić information content (AvgIpc) is 3.61. The molecular formula is C30H42N8O4. The Hall–Kier alpha value is -3.16. The quantitative estimate of drug-likeness (QED) is 0.186. The van der Waals surface area contributed by atoms with Gasteiger partial charge in [-0.25, -0.2) is 19.9 Å². The molecule has 6 rings (SSSR count). The lowest BCUT2D eigenvalue weighted by Crippen LogP contribution is -2.52. The first-order valence-corrected chi connectivity index (χ1v) is 14.9. The third kappa shape index (κ3) is 5.37. The number of anilines is 1. The topological polar surface area (TPSA) is 157 Å². The largest absolute Gasteiger partial charge is 0.387 e. The zero-order chi connectivity index (χ0) is 29.8. The molecule has 12 heteroatoms. The van der Waals surface area contributed by atoms with Gasteiger partial charge in [0.25, 0.3) is 0 Å². The van der Waals surface area contributed by atoms with Gasteiger partial charge in [-0.1, -0.05) is 26.8 Å². The molecule has 1 saturated heterocycles. The maximum absolute atomic E-state index is 11.0. The number of benzene rings is 1. The molecule has 1 aliphatic heterocycles. The van der Waals surface area contributed by atoms with Crippen molar-refractivity contribution in [3.63, 3.8) is 0 Å². The van der Waals surface area contributed by atoms with Crippen LogP contribution in [0.3, 0.4) is 0 Å². The van der Waals surface area contributed by atoms with Crippen LogP contribution in [-0.4, -0.2) is 86.7 Å². The highest BCUT2D eigenvalue weighted by atomic mass is 16.6. The van der Waals surface area contributed by atoms with Gasteiger partial charge in [-0.2, -0.15) is 0 Å². The van der Waals surface area contributed by atoms with Gasteiger partial charge in [0.15, 0.2) is 23.2 Å². The number of aryl methyl sites for hydroxylation is 1. The zero-order valence-electron chi connectivity index (χ0n) is 24.9. The second-order valence-corrected chi connectivity index (χ2v) is 13.2. The number of rotatable bonds is 9. The summed E-state index contributed by atoms with van der Waals surface area (Å²) in [5.74, 6) is 1.82. The van der Waals surface area contributed by atoms with Crippen molar-refractivity contribution in [2.24, 2.45) is 5.92 Å². The summed E-state index contributed by atoms with van der Waals surface area (Å²) in [6.07, 6.45) is 3.29. The van der Waals surface area contributed by atoms with Crippen LogP contribution in [0.5, 0.6) is 0 Å². The molecule has 1 aliphatic carbocycles. The van der Waals surface area contributed by atoms with E-state index in [-0.39, 0.29) is 17.3 Å². The van der Waals surface area contributed by atoms with Gasteiger partial charge < -0.3 is 19.9 Å². The van der Waals surface area contributed by atoms with E-state index in [1.807, 2.05) is 5.48 Å². The lowest BCUT2D eigenvalue weighted by molar-refractivity contribution is -0.0620. The number of aliphatic hydroxyl groups is 2. The molecule has 42 heavy (non-hydrogen) atoms. The first-order chi connectivity index (χ1) is 20.0. The fourth-order valence-electron chi connectivity index (χ4n) is 6.41. The second-order valence-electron chi connectivity index (χ2n) is 13.2. The number of imidazole rings is 2. The Morgan fingerprint density at radius 2 is 1.93 bits per heavy atom. The van der Waals surface area contributed by atoms with Crippen LogP contribution in [0.4, 0.5) is 5.82 Å². The number of aromatic nitrogens is 6. The highest BCUT2D eigenvalue weighted by Gasteiger charge is 2.46. The minimum Gasteiger partial charge on any atom is -0.387 e. The summed E-state index contributed by atoms with van der Waals surface area (Å²) >= 11 is 0. The summed E-state index contributed by atoms with van der Waals surface area (Å²) in [7, 11) is 0. The molecule has 0 spiro atoms. The van der Waals surface area contributed by atoms with Gasteiger partial charge in [-0.15, -0.1) is 0 Å². The predicted octanol–water partition coefficient (Wildman–Crippen LogP) is 3.54. The Labute approximate surface area is 245 Å². The van der Waals surface area contributed by atoms with E-state index in [4.69, 9.17) is 9.72 Å². The van der Waals surface area contributed by atoms with Gasteiger partial charge in [0.1, 0.15) is 30.5 Å². The molecular weight excluding hydrogens is 536 g/mol. The fourth-order valence-corrected chi connectivity index (χ4v) is 6.41. The lowest BCUT2D eigenvalue weighted by atomic mass is 9.76. The molecule has 0 bridgehead atoms. The molecule has 4 aromatic rings. The van der Waals surface area contributed by atoms with Crippen LogP contribution in [0.15, 0.2) is 30.9 Å². The summed E-state index contributed by atoms with van der Waals surface area (Å²) in [6.45, 7) is 11.5. The maximum atomic E-state index is 11.0. The molecule has 1 aromatic carbocycles. The smallest absolute Gasteiger partial charge is 0.181 e.